The molecule has 0 bridgehead atoms. The van der Waals surface area contributed by atoms with Gasteiger partial charge in [0.25, 0.3) is 0 Å². The lowest BCUT2D eigenvalue weighted by Gasteiger charge is -2.23. The van der Waals surface area contributed by atoms with Crippen LogP contribution in [0.25, 0.3) is 0 Å². The number of carbonyl (C=O) groups excluding carboxylic acids is 1. The molecule has 22 heavy (non-hydrogen) atoms. The van der Waals surface area contributed by atoms with Gasteiger partial charge in [-0.1, -0.05) is 26.3 Å². The van der Waals surface area contributed by atoms with Gasteiger partial charge in [0.2, 0.25) is 5.91 Å². The van der Waals surface area contributed by atoms with Gasteiger partial charge in [-0.25, -0.2) is 5.48 Å². The van der Waals surface area contributed by atoms with Gasteiger partial charge < -0.3 is 10.8 Å². The van der Waals surface area contributed by atoms with Crippen LogP contribution >= 0.6 is 0 Å². The molecule has 3 unspecified atom stereocenters. The first-order chi connectivity index (χ1) is 10.4. The molecule has 0 saturated heterocycles. The third kappa shape index (κ3) is 6.51. The van der Waals surface area contributed by atoms with E-state index < -0.39 is 24.0 Å². The summed E-state index contributed by atoms with van der Waals surface area (Å²) in [6, 6.07) is 3.24. The Hall–Kier alpha value is -1.50. The Bertz CT molecular complexity index is 440. The van der Waals surface area contributed by atoms with Gasteiger partial charge in [-0.3, -0.25) is 15.0 Å². The summed E-state index contributed by atoms with van der Waals surface area (Å²) < 4.78 is 0. The van der Waals surface area contributed by atoms with E-state index in [1.807, 2.05) is 12.1 Å². The molecule has 0 fully saturated rings. The van der Waals surface area contributed by atoms with Gasteiger partial charge in [0.15, 0.2) is 0 Å². The third-order valence-electron chi connectivity index (χ3n) is 3.79. The molecule has 3 atom stereocenters. The lowest BCUT2D eigenvalue weighted by molar-refractivity contribution is -0.134. The van der Waals surface area contributed by atoms with Crippen molar-refractivity contribution in [1.82, 2.24) is 10.5 Å². The number of aliphatic hydroxyl groups is 1. The van der Waals surface area contributed by atoms with Crippen molar-refractivity contribution in [3.05, 3.63) is 30.1 Å². The van der Waals surface area contributed by atoms with Crippen molar-refractivity contribution in [2.75, 3.05) is 0 Å². The highest BCUT2D eigenvalue weighted by atomic mass is 16.5. The number of nitrogens with one attached hydrogen (secondary N) is 1. The van der Waals surface area contributed by atoms with Crippen LogP contribution in [0.1, 0.15) is 38.7 Å². The number of aliphatic hydroxyl groups excluding tert-OH is 1. The number of hydroxylamine groups is 1. The fourth-order valence-corrected chi connectivity index (χ4v) is 2.38. The molecule has 124 valence electrons. The Labute approximate surface area is 131 Å². The monoisotopic (exact) mass is 309 g/mol. The van der Waals surface area contributed by atoms with E-state index in [4.69, 9.17) is 10.9 Å². The van der Waals surface area contributed by atoms with Gasteiger partial charge >= 0.3 is 0 Å². The van der Waals surface area contributed by atoms with Crippen molar-refractivity contribution in [3.8, 4) is 0 Å². The van der Waals surface area contributed by atoms with Gasteiger partial charge in [-0.2, -0.15) is 0 Å². The highest BCUT2D eigenvalue weighted by Crippen LogP contribution is 2.19. The molecule has 0 radical (unpaired) electrons. The molecule has 0 aliphatic heterocycles. The second-order valence-corrected chi connectivity index (χ2v) is 6.18. The van der Waals surface area contributed by atoms with Gasteiger partial charge in [0.05, 0.1) is 6.10 Å². The number of rotatable bonds is 9. The number of amides is 1. The smallest absolute Gasteiger partial charge is 0.246 e. The average Bonchev–Trinajstić information content (AvgIpc) is 2.51. The minimum atomic E-state index is -0.810. The van der Waals surface area contributed by atoms with Crippen molar-refractivity contribution in [1.29, 1.82) is 0 Å². The van der Waals surface area contributed by atoms with Gasteiger partial charge in [-0.15, -0.1) is 0 Å². The van der Waals surface area contributed by atoms with Crippen LogP contribution in [0.5, 0.6) is 0 Å². The molecule has 1 heterocycles. The molecule has 1 aromatic heterocycles. The summed E-state index contributed by atoms with van der Waals surface area (Å²) in [6.07, 6.45) is 4.77. The molecule has 0 aliphatic carbocycles. The van der Waals surface area contributed by atoms with Crippen LogP contribution in [0.4, 0.5) is 0 Å². The Kier molecular flexibility index (Phi) is 8.01. The van der Waals surface area contributed by atoms with E-state index >= 15 is 0 Å². The molecule has 1 aromatic rings. The highest BCUT2D eigenvalue weighted by molar-refractivity contribution is 5.77. The molecule has 6 nitrogen and oxygen atoms in total. The first kappa shape index (κ1) is 18.5. The van der Waals surface area contributed by atoms with E-state index in [1.54, 1.807) is 17.9 Å². The fourth-order valence-electron chi connectivity index (χ4n) is 2.38. The summed E-state index contributed by atoms with van der Waals surface area (Å²) in [4.78, 5) is 15.7. The van der Waals surface area contributed by atoms with Crippen molar-refractivity contribution in [2.45, 2.75) is 51.7 Å². The van der Waals surface area contributed by atoms with Crippen molar-refractivity contribution >= 4 is 5.91 Å². The molecule has 6 heteroatoms. The molecule has 0 aromatic carbocycles. The van der Waals surface area contributed by atoms with E-state index in [1.165, 1.54) is 0 Å². The molecule has 1 amide bonds. The number of aromatic nitrogens is 1. The summed E-state index contributed by atoms with van der Waals surface area (Å²) in [5, 5.41) is 19.1. The van der Waals surface area contributed by atoms with Crippen LogP contribution in [-0.2, 0) is 11.2 Å². The summed E-state index contributed by atoms with van der Waals surface area (Å²) in [6.45, 7) is 4.14. The second kappa shape index (κ2) is 9.50. The van der Waals surface area contributed by atoms with E-state index in [-0.39, 0.29) is 6.42 Å². The van der Waals surface area contributed by atoms with E-state index in [2.05, 4.69) is 18.8 Å². The van der Waals surface area contributed by atoms with Crippen LogP contribution in [0.2, 0.25) is 0 Å². The maximum absolute atomic E-state index is 11.7. The summed E-state index contributed by atoms with van der Waals surface area (Å²) in [7, 11) is 0. The van der Waals surface area contributed by atoms with Gasteiger partial charge in [0.1, 0.15) is 0 Å². The molecular weight excluding hydrogens is 282 g/mol. The lowest BCUT2D eigenvalue weighted by atomic mass is 9.89. The molecule has 0 spiro atoms. The second-order valence-electron chi connectivity index (χ2n) is 6.18. The van der Waals surface area contributed by atoms with E-state index in [0.29, 0.717) is 18.8 Å². The summed E-state index contributed by atoms with van der Waals surface area (Å²) >= 11 is 0. The lowest BCUT2D eigenvalue weighted by Crippen LogP contribution is -2.40. The third-order valence-corrected chi connectivity index (χ3v) is 3.79. The van der Waals surface area contributed by atoms with Crippen LogP contribution < -0.4 is 11.2 Å². The van der Waals surface area contributed by atoms with Gasteiger partial charge in [-0.05, 0) is 36.8 Å². The maximum atomic E-state index is 11.7. The zero-order valence-electron chi connectivity index (χ0n) is 13.3. The standard InChI is InChI=1S/C16H27N3O3/c1-11(2)5-6-13(16(21)19-22)9-15(20)14(17)8-12-4-3-7-18-10-12/h3-4,7,10-11,13-15,20,22H,5-6,8-9,17H2,1-2H3,(H,19,21). The molecule has 1 rings (SSSR count). The minimum Gasteiger partial charge on any atom is -0.391 e. The maximum Gasteiger partial charge on any atom is 0.246 e. The van der Waals surface area contributed by atoms with Crippen LogP contribution in [0, 0.1) is 11.8 Å². The molecular formula is C16H27N3O3. The molecule has 0 saturated carbocycles. The summed E-state index contributed by atoms with van der Waals surface area (Å²) in [5.74, 6) is -0.453. The van der Waals surface area contributed by atoms with Crippen LogP contribution in [0.3, 0.4) is 0 Å². The van der Waals surface area contributed by atoms with Crippen molar-refractivity contribution in [2.24, 2.45) is 17.6 Å². The van der Waals surface area contributed by atoms with E-state index in [9.17, 15) is 9.90 Å². The predicted octanol–water partition coefficient (Wildman–Crippen LogP) is 1.26. The Balaban J connectivity index is 2.57. The van der Waals surface area contributed by atoms with Crippen LogP contribution in [-0.4, -0.2) is 33.4 Å². The zero-order chi connectivity index (χ0) is 16.5. The fraction of sp³-hybridized carbons (Fsp3) is 0.625. The summed E-state index contributed by atoms with van der Waals surface area (Å²) in [5.41, 5.74) is 8.65. The zero-order valence-corrected chi connectivity index (χ0v) is 13.3. The van der Waals surface area contributed by atoms with Crippen LogP contribution in [0.15, 0.2) is 24.5 Å². The van der Waals surface area contributed by atoms with Crippen molar-refractivity contribution in [3.63, 3.8) is 0 Å². The predicted molar refractivity (Wildman–Crippen MR) is 84.0 cm³/mol. The first-order valence-corrected chi connectivity index (χ1v) is 7.70. The highest BCUT2D eigenvalue weighted by Gasteiger charge is 2.25. The number of pyridine rings is 1. The molecule has 0 aliphatic rings. The minimum absolute atomic E-state index is 0.237. The number of hydrogen-bond donors (Lipinski definition) is 4. The number of nitrogens with zero attached hydrogens (tertiary/aromatic N) is 1. The van der Waals surface area contributed by atoms with Gasteiger partial charge in [0, 0.05) is 24.4 Å². The number of nitrogens with two attached hydrogens (primary N) is 1. The molecule has 5 N–H and O–H groups in total. The Morgan fingerprint density at radius 1 is 1.41 bits per heavy atom. The van der Waals surface area contributed by atoms with Crippen molar-refractivity contribution < 1.29 is 15.1 Å². The largest absolute Gasteiger partial charge is 0.391 e. The quantitative estimate of drug-likeness (QED) is 0.406. The number of hydrogen-bond acceptors (Lipinski definition) is 5. The van der Waals surface area contributed by atoms with E-state index in [0.717, 1.165) is 12.0 Å². The Morgan fingerprint density at radius 3 is 2.68 bits per heavy atom. The number of carbonyl (C=O) groups is 1. The topological polar surface area (TPSA) is 108 Å². The SMILES string of the molecule is CC(C)CCC(CC(O)C(N)Cc1cccnc1)C(=O)NO. The Morgan fingerprint density at radius 2 is 2.14 bits per heavy atom. The average molecular weight is 309 g/mol. The first-order valence-electron chi connectivity index (χ1n) is 7.70. The normalized spacial score (nSPS) is 15.4.